The maximum atomic E-state index is 16.1. The van der Waals surface area contributed by atoms with E-state index in [0.29, 0.717) is 0 Å². The first-order valence-corrected chi connectivity index (χ1v) is 13.8. The Morgan fingerprint density at radius 2 is 2.08 bits per heavy atom. The number of halogens is 1. The molecule has 2 aromatic heterocycles. The monoisotopic (exact) mass is 583 g/mol. The first-order chi connectivity index (χ1) is 19.0. The van der Waals surface area contributed by atoms with Gasteiger partial charge in [-0.05, 0) is 26.0 Å². The molecule has 1 aromatic carbocycles. The summed E-state index contributed by atoms with van der Waals surface area (Å²) in [5, 5.41) is 26.1. The molecule has 1 unspecified atom stereocenters. The fourth-order valence-electron chi connectivity index (χ4n) is 4.13. The van der Waals surface area contributed by atoms with Gasteiger partial charge in [0, 0.05) is 7.05 Å². The number of hydrogen-bond donors (Lipinski definition) is 5. The van der Waals surface area contributed by atoms with Gasteiger partial charge in [-0.2, -0.15) is 15.1 Å². The first kappa shape index (κ1) is 29.6. The molecule has 1 fully saturated rings. The van der Waals surface area contributed by atoms with Crippen LogP contribution >= 0.6 is 7.75 Å². The van der Waals surface area contributed by atoms with Crippen molar-refractivity contribution in [2.24, 2.45) is 0 Å². The molecule has 0 radical (unpaired) electrons. The molecular formula is C23H31FN7O8P. The number of nitrogens with zero attached hydrogens (tertiary/aromatic N) is 4. The van der Waals surface area contributed by atoms with Gasteiger partial charge >= 0.3 is 13.7 Å². The summed E-state index contributed by atoms with van der Waals surface area (Å²) in [5.74, 6) is -0.421. The molecule has 3 heterocycles. The lowest BCUT2D eigenvalue weighted by Crippen LogP contribution is -2.46. The highest BCUT2D eigenvalue weighted by molar-refractivity contribution is 7.52. The van der Waals surface area contributed by atoms with Crippen molar-refractivity contribution in [2.75, 3.05) is 37.9 Å². The maximum absolute atomic E-state index is 16.1. The van der Waals surface area contributed by atoms with Crippen molar-refractivity contribution < 1.29 is 42.5 Å². The molecule has 0 amide bonds. The summed E-state index contributed by atoms with van der Waals surface area (Å²) in [5.41, 5.74) is 3.35. The van der Waals surface area contributed by atoms with E-state index in [9.17, 15) is 19.6 Å². The van der Waals surface area contributed by atoms with E-state index in [1.165, 1.54) is 25.4 Å². The number of carbonyl (C=O) groups excluding carboxylic acids is 1. The molecular weight excluding hydrogens is 552 g/mol. The Morgan fingerprint density at radius 1 is 1.35 bits per heavy atom. The van der Waals surface area contributed by atoms with Crippen LogP contribution < -0.4 is 20.7 Å². The zero-order chi connectivity index (χ0) is 29.1. The Bertz CT molecular complexity index is 1380. The van der Waals surface area contributed by atoms with E-state index in [-0.39, 0.29) is 35.3 Å². The number of nitrogens with one attached hydrogen (secondary N) is 2. The molecule has 1 saturated heterocycles. The number of esters is 1. The largest absolute Gasteiger partial charge is 0.465 e. The Kier molecular flexibility index (Phi) is 8.87. The van der Waals surface area contributed by atoms with E-state index < -0.39 is 57.1 Å². The molecule has 6 N–H and O–H groups in total. The standard InChI is InChI=1S/C23H31FN7O8P/c1-4-36-20(34)13(2)30-40(35,39-14-8-6-5-7-9-14)37-10-15-17(33)23(24,11-32)21(38-15)31-12-27-16-18(26-3)28-22(25)29-19(16)31/h5-9,12-13,15,17,21,32-33H,4,10-11H2,1-3H3,(H,30,35)(H3,25,26,28,29)/t13-,15-,17-,21-,23-,40?/m1/s1. The predicted octanol–water partition coefficient (Wildman–Crippen LogP) is 1.15. The Balaban J connectivity index is 1.59. The summed E-state index contributed by atoms with van der Waals surface area (Å²) >= 11 is 0. The number of nitrogen functional groups attached to an aromatic ring is 1. The summed E-state index contributed by atoms with van der Waals surface area (Å²) in [6.07, 6.45) is -3.83. The Labute approximate surface area is 228 Å². The van der Waals surface area contributed by atoms with Gasteiger partial charge in [0.15, 0.2) is 23.2 Å². The van der Waals surface area contributed by atoms with E-state index in [4.69, 9.17) is 24.3 Å². The van der Waals surface area contributed by atoms with Crippen LogP contribution in [0.4, 0.5) is 16.2 Å². The number of aliphatic hydroxyl groups excluding tert-OH is 2. The molecule has 0 saturated carbocycles. The van der Waals surface area contributed by atoms with Crippen molar-refractivity contribution in [1.82, 2.24) is 24.6 Å². The number of fused-ring (bicyclic) bond motifs is 1. The fraction of sp³-hybridized carbons (Fsp3) is 0.478. The highest BCUT2D eigenvalue weighted by atomic mass is 31.2. The van der Waals surface area contributed by atoms with Crippen molar-refractivity contribution in [3.05, 3.63) is 36.7 Å². The average Bonchev–Trinajstić information content (AvgIpc) is 3.46. The molecule has 1 aliphatic heterocycles. The minimum Gasteiger partial charge on any atom is -0.465 e. The molecule has 218 valence electrons. The van der Waals surface area contributed by atoms with E-state index in [1.807, 2.05) is 0 Å². The summed E-state index contributed by atoms with van der Waals surface area (Å²) < 4.78 is 52.8. The average molecular weight is 584 g/mol. The lowest BCUT2D eigenvalue weighted by Gasteiger charge is -2.27. The number of nitrogens with two attached hydrogens (primary N) is 1. The van der Waals surface area contributed by atoms with Gasteiger partial charge in [-0.1, -0.05) is 18.2 Å². The van der Waals surface area contributed by atoms with Crippen molar-refractivity contribution in [3.8, 4) is 5.75 Å². The molecule has 15 nitrogen and oxygen atoms in total. The van der Waals surface area contributed by atoms with E-state index in [2.05, 4.69) is 25.4 Å². The van der Waals surface area contributed by atoms with Gasteiger partial charge in [-0.15, -0.1) is 0 Å². The number of benzene rings is 1. The van der Waals surface area contributed by atoms with Crippen LogP contribution in [0.15, 0.2) is 36.7 Å². The van der Waals surface area contributed by atoms with Crippen LogP contribution in [0.3, 0.4) is 0 Å². The lowest BCUT2D eigenvalue weighted by molar-refractivity contribution is -0.144. The smallest absolute Gasteiger partial charge is 0.459 e. The number of hydrogen-bond acceptors (Lipinski definition) is 13. The third kappa shape index (κ3) is 5.87. The van der Waals surface area contributed by atoms with Crippen LogP contribution in [-0.4, -0.2) is 86.5 Å². The van der Waals surface area contributed by atoms with Crippen molar-refractivity contribution >= 4 is 36.6 Å². The second-order valence-corrected chi connectivity index (χ2v) is 10.6. The maximum Gasteiger partial charge on any atom is 0.459 e. The lowest BCUT2D eigenvalue weighted by atomic mass is 9.97. The Morgan fingerprint density at radius 3 is 2.73 bits per heavy atom. The number of para-hydroxylation sites is 1. The quantitative estimate of drug-likeness (QED) is 0.150. The number of anilines is 2. The molecule has 0 aliphatic carbocycles. The van der Waals surface area contributed by atoms with E-state index in [0.717, 1.165) is 4.57 Å². The normalized spacial score (nSPS) is 24.9. The number of carbonyl (C=O) groups is 1. The van der Waals surface area contributed by atoms with Crippen molar-refractivity contribution in [3.63, 3.8) is 0 Å². The Hall–Kier alpha value is -3.40. The van der Waals surface area contributed by atoms with Gasteiger partial charge in [0.2, 0.25) is 11.6 Å². The van der Waals surface area contributed by atoms with Gasteiger partial charge in [-0.25, -0.2) is 13.9 Å². The predicted molar refractivity (Wildman–Crippen MR) is 140 cm³/mol. The minimum absolute atomic E-state index is 0.0779. The molecule has 17 heteroatoms. The topological polar surface area (TPSA) is 205 Å². The van der Waals surface area contributed by atoms with E-state index >= 15 is 4.39 Å². The summed E-state index contributed by atoms with van der Waals surface area (Å²) in [7, 11) is -2.75. The van der Waals surface area contributed by atoms with Crippen molar-refractivity contribution in [2.45, 2.75) is 44.0 Å². The van der Waals surface area contributed by atoms with Gasteiger partial charge in [0.05, 0.1) is 26.1 Å². The molecule has 0 spiro atoms. The van der Waals surface area contributed by atoms with Crippen molar-refractivity contribution in [1.29, 1.82) is 0 Å². The van der Waals surface area contributed by atoms with Gasteiger partial charge in [0.1, 0.15) is 24.0 Å². The molecule has 1 aliphatic rings. The number of aromatic nitrogens is 4. The molecule has 3 aromatic rings. The van der Waals surface area contributed by atoms with Crippen LogP contribution in [0.25, 0.3) is 11.2 Å². The highest BCUT2D eigenvalue weighted by Crippen LogP contribution is 2.48. The second-order valence-electron chi connectivity index (χ2n) is 8.86. The van der Waals surface area contributed by atoms with Crippen LogP contribution in [0.5, 0.6) is 5.75 Å². The molecule has 0 bridgehead atoms. The number of aliphatic hydroxyl groups is 2. The first-order valence-electron chi connectivity index (χ1n) is 12.3. The van der Waals surface area contributed by atoms with Gasteiger partial charge in [-0.3, -0.25) is 13.9 Å². The third-order valence-electron chi connectivity index (χ3n) is 6.10. The molecule has 40 heavy (non-hydrogen) atoms. The molecule has 4 rings (SSSR count). The zero-order valence-corrected chi connectivity index (χ0v) is 22.8. The highest BCUT2D eigenvalue weighted by Gasteiger charge is 2.59. The number of imidazole rings is 1. The second kappa shape index (κ2) is 12.0. The summed E-state index contributed by atoms with van der Waals surface area (Å²) in [6.45, 7) is 1.29. The van der Waals surface area contributed by atoms with Crippen LogP contribution in [0.2, 0.25) is 0 Å². The van der Waals surface area contributed by atoms with Gasteiger partial charge < -0.3 is 35.3 Å². The third-order valence-corrected chi connectivity index (χ3v) is 7.74. The SMILES string of the molecule is CCOC(=O)[C@@H](C)NP(=O)(OC[C@H]1O[C@@H](n2cnc3c(NC)nc(N)nc32)[C@@](F)(CO)[C@@H]1O)Oc1ccccc1. The number of alkyl halides is 1. The zero-order valence-electron chi connectivity index (χ0n) is 21.9. The van der Waals surface area contributed by atoms with Crippen LogP contribution in [0.1, 0.15) is 20.1 Å². The summed E-state index contributed by atoms with van der Waals surface area (Å²) in [4.78, 5) is 24.5. The number of rotatable bonds is 12. The van der Waals surface area contributed by atoms with E-state index in [1.54, 1.807) is 32.2 Å². The van der Waals surface area contributed by atoms with Crippen LogP contribution in [-0.2, 0) is 23.4 Å². The van der Waals surface area contributed by atoms with Gasteiger partial charge in [0.25, 0.3) is 0 Å². The number of ether oxygens (including phenoxy) is 2. The fourth-order valence-corrected chi connectivity index (χ4v) is 5.63. The van der Waals surface area contributed by atoms with Crippen LogP contribution in [0, 0.1) is 0 Å². The summed E-state index contributed by atoms with van der Waals surface area (Å²) in [6, 6.07) is 6.89. The molecule has 6 atom stereocenters. The minimum atomic E-state index is -4.33.